The number of carbonyl (C=O) groups is 2. The highest BCUT2D eigenvalue weighted by Gasteiger charge is 2.19. The first-order valence-electron chi connectivity index (χ1n) is 9.89. The molecule has 3 rings (SSSR count). The average molecular weight is 450 g/mol. The van der Waals surface area contributed by atoms with E-state index < -0.39 is 22.5 Å². The number of nitrogens with zero attached hydrogens (tertiary/aromatic N) is 2. The number of nitrogens with one attached hydrogen (secondary N) is 2. The van der Waals surface area contributed by atoms with Gasteiger partial charge in [0.05, 0.1) is 4.92 Å². The van der Waals surface area contributed by atoms with Crippen molar-refractivity contribution in [1.29, 1.82) is 0 Å². The van der Waals surface area contributed by atoms with Crippen LogP contribution in [0.4, 0.5) is 21.9 Å². The third kappa shape index (κ3) is 6.76. The Morgan fingerprint density at radius 3 is 2.27 bits per heavy atom. The summed E-state index contributed by atoms with van der Waals surface area (Å²) in [6.07, 6.45) is 0.873. The Balaban J connectivity index is 1.71. The molecule has 0 spiro atoms. The van der Waals surface area contributed by atoms with Gasteiger partial charge in [0, 0.05) is 23.6 Å². The van der Waals surface area contributed by atoms with Crippen LogP contribution in [0.5, 0.6) is 11.5 Å². The molecule has 0 unspecified atom stereocenters. The Morgan fingerprint density at radius 1 is 0.970 bits per heavy atom. The smallest absolute Gasteiger partial charge is 0.412 e. The first-order valence-corrected chi connectivity index (χ1v) is 9.89. The summed E-state index contributed by atoms with van der Waals surface area (Å²) >= 11 is 0. The second-order valence-electron chi connectivity index (χ2n) is 7.86. The summed E-state index contributed by atoms with van der Waals surface area (Å²) in [5.74, 6) is -0.187. The minimum Gasteiger partial charge on any atom is -0.450 e. The van der Waals surface area contributed by atoms with Crippen molar-refractivity contribution in [2.75, 3.05) is 10.6 Å². The van der Waals surface area contributed by atoms with Crippen molar-refractivity contribution in [3.8, 4) is 11.5 Å². The van der Waals surface area contributed by atoms with E-state index in [2.05, 4.69) is 15.6 Å². The molecule has 0 saturated heterocycles. The molecule has 0 radical (unpaired) electrons. The van der Waals surface area contributed by atoms with Crippen molar-refractivity contribution >= 4 is 29.1 Å². The number of rotatable bonds is 6. The molecule has 170 valence electrons. The summed E-state index contributed by atoms with van der Waals surface area (Å²) in [4.78, 5) is 39.0. The number of carbonyl (C=O) groups excluding carboxylic acids is 2. The number of hydrogen-bond acceptors (Lipinski definition) is 7. The van der Waals surface area contributed by atoms with Gasteiger partial charge in [0.2, 0.25) is 5.75 Å². The molecule has 10 heteroatoms. The molecular formula is C23H22N4O6. The summed E-state index contributed by atoms with van der Waals surface area (Å²) in [5, 5.41) is 16.7. The van der Waals surface area contributed by atoms with Gasteiger partial charge in [0.15, 0.2) is 0 Å². The van der Waals surface area contributed by atoms with E-state index in [1.807, 2.05) is 0 Å². The lowest BCUT2D eigenvalue weighted by molar-refractivity contribution is -0.385. The van der Waals surface area contributed by atoms with Crippen LogP contribution in [0, 0.1) is 10.1 Å². The van der Waals surface area contributed by atoms with Crippen LogP contribution in [0.3, 0.4) is 0 Å². The third-order valence-corrected chi connectivity index (χ3v) is 4.04. The number of aromatic nitrogens is 1. The number of ether oxygens (including phenoxy) is 2. The molecule has 2 aromatic carbocycles. The van der Waals surface area contributed by atoms with Crippen LogP contribution in [0.15, 0.2) is 66.9 Å². The molecule has 0 atom stereocenters. The van der Waals surface area contributed by atoms with Gasteiger partial charge < -0.3 is 14.8 Å². The zero-order valence-corrected chi connectivity index (χ0v) is 18.2. The molecule has 0 aliphatic rings. The lowest BCUT2D eigenvalue weighted by Gasteiger charge is -2.19. The van der Waals surface area contributed by atoms with Crippen LogP contribution in [-0.4, -0.2) is 27.5 Å². The Morgan fingerprint density at radius 2 is 1.67 bits per heavy atom. The molecule has 33 heavy (non-hydrogen) atoms. The van der Waals surface area contributed by atoms with E-state index in [9.17, 15) is 19.7 Å². The molecule has 1 heterocycles. The van der Waals surface area contributed by atoms with Crippen molar-refractivity contribution in [3.05, 3.63) is 82.7 Å². The monoisotopic (exact) mass is 450 g/mol. The average Bonchev–Trinajstić information content (AvgIpc) is 2.75. The number of nitro groups is 1. The lowest BCUT2D eigenvalue weighted by atomic mass is 10.2. The highest BCUT2D eigenvalue weighted by atomic mass is 16.6. The SMILES string of the molecule is CC(C)(C)OC(=O)Nc1ccc(Oc2ccc(NC(=O)c3ccccn3)cc2[N+](=O)[O-])cc1. The van der Waals surface area contributed by atoms with Gasteiger partial charge in [0.1, 0.15) is 17.0 Å². The molecule has 3 aromatic rings. The quantitative estimate of drug-likeness (QED) is 0.380. The fourth-order valence-corrected chi connectivity index (χ4v) is 2.67. The minimum absolute atomic E-state index is 0.0105. The topological polar surface area (TPSA) is 133 Å². The van der Waals surface area contributed by atoms with Gasteiger partial charge >= 0.3 is 11.8 Å². The summed E-state index contributed by atoms with van der Waals surface area (Å²) in [7, 11) is 0. The molecular weight excluding hydrogens is 428 g/mol. The first kappa shape index (κ1) is 23.2. The van der Waals surface area contributed by atoms with Crippen molar-refractivity contribution < 1.29 is 24.0 Å². The van der Waals surface area contributed by atoms with Gasteiger partial charge in [-0.15, -0.1) is 0 Å². The molecule has 2 amide bonds. The summed E-state index contributed by atoms with van der Waals surface area (Å²) in [5.41, 5.74) is -0.0828. The lowest BCUT2D eigenvalue weighted by Crippen LogP contribution is -2.27. The van der Waals surface area contributed by atoms with Gasteiger partial charge in [-0.1, -0.05) is 6.07 Å². The number of anilines is 2. The van der Waals surface area contributed by atoms with Gasteiger partial charge in [-0.3, -0.25) is 25.2 Å². The van der Waals surface area contributed by atoms with Crippen LogP contribution in [-0.2, 0) is 4.74 Å². The molecule has 0 aliphatic heterocycles. The van der Waals surface area contributed by atoms with Crippen LogP contribution in [0.2, 0.25) is 0 Å². The Kier molecular flexibility index (Phi) is 6.87. The number of nitro benzene ring substituents is 1. The predicted molar refractivity (Wildman–Crippen MR) is 122 cm³/mol. The van der Waals surface area contributed by atoms with E-state index in [0.717, 1.165) is 0 Å². The van der Waals surface area contributed by atoms with Gasteiger partial charge in [0.25, 0.3) is 5.91 Å². The zero-order valence-electron chi connectivity index (χ0n) is 18.2. The predicted octanol–water partition coefficient (Wildman–Crippen LogP) is 5.38. The largest absolute Gasteiger partial charge is 0.450 e. The standard InChI is InChI=1S/C23H22N4O6/c1-23(2,3)33-22(29)26-15-7-10-17(11-8-15)32-20-12-9-16(14-19(20)27(30)31)25-21(28)18-6-4-5-13-24-18/h4-14H,1-3H3,(H,25,28)(H,26,29). The van der Waals surface area contributed by atoms with Gasteiger partial charge in [-0.25, -0.2) is 4.79 Å². The third-order valence-electron chi connectivity index (χ3n) is 4.04. The van der Waals surface area contributed by atoms with E-state index in [1.165, 1.54) is 30.5 Å². The molecule has 0 fully saturated rings. The van der Waals surface area contributed by atoms with Crippen LogP contribution >= 0.6 is 0 Å². The van der Waals surface area contributed by atoms with Crippen LogP contribution < -0.4 is 15.4 Å². The van der Waals surface area contributed by atoms with Crippen LogP contribution in [0.1, 0.15) is 31.3 Å². The van der Waals surface area contributed by atoms with E-state index in [0.29, 0.717) is 11.4 Å². The van der Waals surface area contributed by atoms with E-state index in [-0.39, 0.29) is 22.8 Å². The number of amides is 2. The van der Waals surface area contributed by atoms with Crippen LogP contribution in [0.25, 0.3) is 0 Å². The summed E-state index contributed by atoms with van der Waals surface area (Å²) < 4.78 is 10.8. The number of pyridine rings is 1. The maximum absolute atomic E-state index is 12.2. The maximum atomic E-state index is 12.2. The Labute approximate surface area is 189 Å². The van der Waals surface area contributed by atoms with Crippen molar-refractivity contribution in [2.24, 2.45) is 0 Å². The normalized spacial score (nSPS) is 10.8. The Hall–Kier alpha value is -4.47. The number of benzene rings is 2. The zero-order chi connectivity index (χ0) is 24.0. The second-order valence-corrected chi connectivity index (χ2v) is 7.86. The molecule has 1 aromatic heterocycles. The first-order chi connectivity index (χ1) is 15.6. The van der Waals surface area contributed by atoms with E-state index >= 15 is 0 Å². The van der Waals surface area contributed by atoms with Crippen molar-refractivity contribution in [2.45, 2.75) is 26.4 Å². The maximum Gasteiger partial charge on any atom is 0.412 e. The fraction of sp³-hybridized carbons (Fsp3) is 0.174. The fourth-order valence-electron chi connectivity index (χ4n) is 2.67. The summed E-state index contributed by atoms with van der Waals surface area (Å²) in [6.45, 7) is 5.27. The highest BCUT2D eigenvalue weighted by Crippen LogP contribution is 2.34. The highest BCUT2D eigenvalue weighted by molar-refractivity contribution is 6.03. The van der Waals surface area contributed by atoms with Crippen molar-refractivity contribution in [1.82, 2.24) is 4.98 Å². The van der Waals surface area contributed by atoms with Crippen molar-refractivity contribution in [3.63, 3.8) is 0 Å². The molecule has 2 N–H and O–H groups in total. The van der Waals surface area contributed by atoms with Gasteiger partial charge in [-0.05, 0) is 69.3 Å². The Bertz CT molecular complexity index is 1160. The molecule has 0 bridgehead atoms. The second kappa shape index (κ2) is 9.77. The molecule has 0 saturated carbocycles. The summed E-state index contributed by atoms with van der Waals surface area (Å²) in [6, 6.07) is 15.2. The number of hydrogen-bond donors (Lipinski definition) is 2. The molecule has 10 nitrogen and oxygen atoms in total. The van der Waals surface area contributed by atoms with E-state index in [4.69, 9.17) is 9.47 Å². The van der Waals surface area contributed by atoms with E-state index in [1.54, 1.807) is 57.2 Å². The molecule has 0 aliphatic carbocycles. The minimum atomic E-state index is -0.630. The van der Waals surface area contributed by atoms with Gasteiger partial charge in [-0.2, -0.15) is 0 Å².